The van der Waals surface area contributed by atoms with Gasteiger partial charge in [-0.05, 0) is 24.1 Å². The summed E-state index contributed by atoms with van der Waals surface area (Å²) < 4.78 is 1.89. The van der Waals surface area contributed by atoms with Crippen LogP contribution in [0.2, 0.25) is 0 Å². The van der Waals surface area contributed by atoms with E-state index in [2.05, 4.69) is 28.4 Å². The number of hydrogen-bond acceptors (Lipinski definition) is 3. The number of pyridine rings is 1. The molecule has 0 bridgehead atoms. The van der Waals surface area contributed by atoms with Gasteiger partial charge in [-0.1, -0.05) is 13.0 Å². The average molecular weight is 216 g/mol. The van der Waals surface area contributed by atoms with Crippen LogP contribution in [0.3, 0.4) is 0 Å². The van der Waals surface area contributed by atoms with Crippen LogP contribution in [-0.2, 0) is 6.54 Å². The van der Waals surface area contributed by atoms with E-state index in [0.29, 0.717) is 0 Å². The summed E-state index contributed by atoms with van der Waals surface area (Å²) in [6, 6.07) is 6.01. The third-order valence-corrected chi connectivity index (χ3v) is 2.28. The predicted octanol–water partition coefficient (Wildman–Crippen LogP) is 2.15. The summed E-state index contributed by atoms with van der Waals surface area (Å²) in [5, 5.41) is 7.40. The molecule has 16 heavy (non-hydrogen) atoms. The molecule has 0 amide bonds. The maximum absolute atomic E-state index is 4.34. The van der Waals surface area contributed by atoms with E-state index in [4.69, 9.17) is 0 Å². The second-order valence-corrected chi connectivity index (χ2v) is 3.68. The molecule has 4 heteroatoms. The smallest absolute Gasteiger partial charge is 0.125 e. The Balaban J connectivity index is 1.96. The zero-order valence-electron chi connectivity index (χ0n) is 9.43. The summed E-state index contributed by atoms with van der Waals surface area (Å²) in [4.78, 5) is 4.34. The number of nitrogens with one attached hydrogen (secondary N) is 1. The average Bonchev–Trinajstić information content (AvgIpc) is 2.81. The van der Waals surface area contributed by atoms with E-state index in [0.717, 1.165) is 30.9 Å². The Hall–Kier alpha value is -1.84. The van der Waals surface area contributed by atoms with Gasteiger partial charge in [0.15, 0.2) is 0 Å². The monoisotopic (exact) mass is 216 g/mol. The first-order valence-electron chi connectivity index (χ1n) is 5.54. The Morgan fingerprint density at radius 2 is 2.31 bits per heavy atom. The predicted molar refractivity (Wildman–Crippen MR) is 64.3 cm³/mol. The van der Waals surface area contributed by atoms with Crippen molar-refractivity contribution in [1.82, 2.24) is 14.8 Å². The van der Waals surface area contributed by atoms with Crippen molar-refractivity contribution in [2.75, 3.05) is 11.9 Å². The highest BCUT2D eigenvalue weighted by Crippen LogP contribution is 2.06. The molecule has 2 aromatic heterocycles. The van der Waals surface area contributed by atoms with Crippen molar-refractivity contribution in [3.05, 3.63) is 42.4 Å². The fraction of sp³-hybridized carbons (Fsp3) is 0.333. The first-order chi connectivity index (χ1) is 7.88. The topological polar surface area (TPSA) is 42.7 Å². The van der Waals surface area contributed by atoms with Gasteiger partial charge in [0, 0.05) is 25.1 Å². The van der Waals surface area contributed by atoms with Crippen molar-refractivity contribution < 1.29 is 0 Å². The van der Waals surface area contributed by atoms with Crippen molar-refractivity contribution in [2.24, 2.45) is 0 Å². The van der Waals surface area contributed by atoms with E-state index in [1.165, 1.54) is 0 Å². The molecule has 0 radical (unpaired) electrons. The van der Waals surface area contributed by atoms with Crippen molar-refractivity contribution >= 4 is 5.82 Å². The zero-order chi connectivity index (χ0) is 11.2. The molecule has 0 aliphatic rings. The highest BCUT2D eigenvalue weighted by Gasteiger charge is 1.96. The van der Waals surface area contributed by atoms with Gasteiger partial charge in [0.1, 0.15) is 5.82 Å². The van der Waals surface area contributed by atoms with Crippen molar-refractivity contribution in [3.8, 4) is 0 Å². The lowest BCUT2D eigenvalue weighted by Gasteiger charge is -2.05. The zero-order valence-corrected chi connectivity index (χ0v) is 9.43. The minimum absolute atomic E-state index is 0.772. The number of hydrogen-bond donors (Lipinski definition) is 1. The molecule has 2 aromatic rings. The van der Waals surface area contributed by atoms with Crippen LogP contribution in [0.15, 0.2) is 36.8 Å². The lowest BCUT2D eigenvalue weighted by molar-refractivity contribution is 0.685. The molecule has 0 unspecified atom stereocenters. The molecule has 0 aliphatic heterocycles. The van der Waals surface area contributed by atoms with Crippen LogP contribution < -0.4 is 5.32 Å². The molecule has 84 valence electrons. The van der Waals surface area contributed by atoms with Gasteiger partial charge in [-0.3, -0.25) is 4.68 Å². The molecule has 0 atom stereocenters. The standard InChI is InChI=1S/C12H16N4/c1-2-6-13-12-5-4-11(9-14-12)10-16-8-3-7-15-16/h3-5,7-9H,2,6,10H2,1H3,(H,13,14). The van der Waals surface area contributed by atoms with Crippen LogP contribution in [0, 0.1) is 0 Å². The molecule has 0 spiro atoms. The third-order valence-electron chi connectivity index (χ3n) is 2.28. The van der Waals surface area contributed by atoms with Crippen molar-refractivity contribution in [3.63, 3.8) is 0 Å². The molecule has 0 fully saturated rings. The lowest BCUT2D eigenvalue weighted by atomic mass is 10.3. The molecule has 2 rings (SSSR count). The third kappa shape index (κ3) is 2.82. The Kier molecular flexibility index (Phi) is 3.53. The maximum atomic E-state index is 4.34. The van der Waals surface area contributed by atoms with Crippen LogP contribution >= 0.6 is 0 Å². The van der Waals surface area contributed by atoms with Gasteiger partial charge in [-0.25, -0.2) is 4.98 Å². The molecule has 1 N–H and O–H groups in total. The molecular weight excluding hydrogens is 200 g/mol. The van der Waals surface area contributed by atoms with E-state index in [9.17, 15) is 0 Å². The Bertz CT molecular complexity index is 405. The number of nitrogens with zero attached hydrogens (tertiary/aromatic N) is 3. The Morgan fingerprint density at radius 1 is 1.38 bits per heavy atom. The highest BCUT2D eigenvalue weighted by molar-refractivity contribution is 5.35. The fourth-order valence-electron chi connectivity index (χ4n) is 1.46. The molecular formula is C12H16N4. The number of anilines is 1. The van der Waals surface area contributed by atoms with Gasteiger partial charge in [0.05, 0.1) is 6.54 Å². The summed E-state index contributed by atoms with van der Waals surface area (Å²) in [7, 11) is 0. The SMILES string of the molecule is CCCNc1ccc(Cn2cccn2)cn1. The van der Waals surface area contributed by atoms with E-state index in [-0.39, 0.29) is 0 Å². The second-order valence-electron chi connectivity index (χ2n) is 3.68. The van der Waals surface area contributed by atoms with Gasteiger partial charge in [-0.15, -0.1) is 0 Å². The van der Waals surface area contributed by atoms with Crippen LogP contribution in [-0.4, -0.2) is 21.3 Å². The van der Waals surface area contributed by atoms with Gasteiger partial charge in [0.25, 0.3) is 0 Å². The number of aromatic nitrogens is 3. The van der Waals surface area contributed by atoms with Crippen LogP contribution in [0.4, 0.5) is 5.82 Å². The molecule has 0 aromatic carbocycles. The second kappa shape index (κ2) is 5.30. The van der Waals surface area contributed by atoms with E-state index < -0.39 is 0 Å². The van der Waals surface area contributed by atoms with Crippen LogP contribution in [0.5, 0.6) is 0 Å². The minimum Gasteiger partial charge on any atom is -0.370 e. The maximum Gasteiger partial charge on any atom is 0.125 e. The minimum atomic E-state index is 0.772. The fourth-order valence-corrected chi connectivity index (χ4v) is 1.46. The molecule has 0 saturated carbocycles. The van der Waals surface area contributed by atoms with E-state index >= 15 is 0 Å². The summed E-state index contributed by atoms with van der Waals surface area (Å²) >= 11 is 0. The van der Waals surface area contributed by atoms with Gasteiger partial charge < -0.3 is 5.32 Å². The first-order valence-corrected chi connectivity index (χ1v) is 5.54. The van der Waals surface area contributed by atoms with Crippen molar-refractivity contribution in [1.29, 1.82) is 0 Å². The quantitative estimate of drug-likeness (QED) is 0.832. The van der Waals surface area contributed by atoms with Crippen LogP contribution in [0.25, 0.3) is 0 Å². The van der Waals surface area contributed by atoms with Crippen LogP contribution in [0.1, 0.15) is 18.9 Å². The largest absolute Gasteiger partial charge is 0.370 e. The summed E-state index contributed by atoms with van der Waals surface area (Å²) in [6.45, 7) is 3.87. The summed E-state index contributed by atoms with van der Waals surface area (Å²) in [5.41, 5.74) is 1.16. The van der Waals surface area contributed by atoms with Gasteiger partial charge in [-0.2, -0.15) is 5.10 Å². The summed E-state index contributed by atoms with van der Waals surface area (Å²) in [5.74, 6) is 0.936. The van der Waals surface area contributed by atoms with Gasteiger partial charge in [0.2, 0.25) is 0 Å². The molecule has 4 nitrogen and oxygen atoms in total. The Morgan fingerprint density at radius 3 is 2.94 bits per heavy atom. The normalized spacial score (nSPS) is 10.3. The molecule has 2 heterocycles. The number of rotatable bonds is 5. The van der Waals surface area contributed by atoms with E-state index in [1.807, 2.05) is 29.2 Å². The van der Waals surface area contributed by atoms with E-state index in [1.54, 1.807) is 6.20 Å². The molecule has 0 aliphatic carbocycles. The highest BCUT2D eigenvalue weighted by atomic mass is 15.3. The first kappa shape index (κ1) is 10.7. The van der Waals surface area contributed by atoms with Crippen molar-refractivity contribution in [2.45, 2.75) is 19.9 Å². The molecule has 0 saturated heterocycles. The summed E-state index contributed by atoms with van der Waals surface area (Å²) in [6.07, 6.45) is 6.73. The lowest BCUT2D eigenvalue weighted by Crippen LogP contribution is -2.03. The Labute approximate surface area is 95.3 Å². The van der Waals surface area contributed by atoms with Gasteiger partial charge >= 0.3 is 0 Å².